The van der Waals surface area contributed by atoms with E-state index in [1.54, 1.807) is 18.2 Å². The number of fused-ring (bicyclic) bond motifs is 1. The number of amides is 1. The van der Waals surface area contributed by atoms with Crippen LogP contribution in [0.5, 0.6) is 0 Å². The van der Waals surface area contributed by atoms with Crippen molar-refractivity contribution in [3.8, 4) is 0 Å². The lowest BCUT2D eigenvalue weighted by atomic mass is 9.93. The summed E-state index contributed by atoms with van der Waals surface area (Å²) in [6.45, 7) is 3.08. The summed E-state index contributed by atoms with van der Waals surface area (Å²) in [7, 11) is 0. The Morgan fingerprint density at radius 1 is 1.09 bits per heavy atom. The van der Waals surface area contributed by atoms with Gasteiger partial charge in [0.05, 0.1) is 11.2 Å². The van der Waals surface area contributed by atoms with Crippen LogP contribution in [0.1, 0.15) is 46.1 Å². The molecule has 0 unspecified atom stereocenters. The number of nitrogens with one attached hydrogen (secondary N) is 1. The zero-order valence-corrected chi connectivity index (χ0v) is 18.2. The number of halogens is 1. The van der Waals surface area contributed by atoms with Gasteiger partial charge in [0.15, 0.2) is 0 Å². The third kappa shape index (κ3) is 4.93. The van der Waals surface area contributed by atoms with Gasteiger partial charge in [-0.3, -0.25) is 14.7 Å². The number of piperidine rings is 1. The molecule has 1 aliphatic rings. The predicted octanol–water partition coefficient (Wildman–Crippen LogP) is 4.67. The molecule has 33 heavy (non-hydrogen) atoms. The number of para-hydroxylation sites is 1. The van der Waals surface area contributed by atoms with Crippen molar-refractivity contribution in [3.63, 3.8) is 0 Å². The van der Waals surface area contributed by atoms with E-state index in [1.165, 1.54) is 17.7 Å². The van der Waals surface area contributed by atoms with Gasteiger partial charge in [-0.2, -0.15) is 0 Å². The second-order valence-electron chi connectivity index (χ2n) is 8.47. The maximum atomic E-state index is 13.0. The Morgan fingerprint density at radius 3 is 2.70 bits per heavy atom. The summed E-state index contributed by atoms with van der Waals surface area (Å²) in [5, 5.41) is 8.12. The largest absolute Gasteiger partial charge is 0.351 e. The summed E-state index contributed by atoms with van der Waals surface area (Å²) in [4.78, 5) is 19.4. The lowest BCUT2D eigenvalue weighted by Gasteiger charge is -2.31. The van der Waals surface area contributed by atoms with Crippen LogP contribution in [0.3, 0.4) is 0 Å². The lowest BCUT2D eigenvalue weighted by molar-refractivity contribution is 0.0913. The molecule has 5 rings (SSSR count). The Bertz CT molecular complexity index is 1240. The number of hydrogen-bond acceptors (Lipinski definition) is 5. The minimum atomic E-state index is -0.320. The molecule has 1 amide bonds. The fraction of sp³-hybridized carbons (Fsp3) is 0.269. The summed E-state index contributed by atoms with van der Waals surface area (Å²) in [5.74, 6) is -0.144. The quantitative estimate of drug-likeness (QED) is 0.468. The van der Waals surface area contributed by atoms with Crippen LogP contribution in [-0.2, 0) is 13.1 Å². The van der Waals surface area contributed by atoms with E-state index in [0.29, 0.717) is 6.54 Å². The molecule has 2 aromatic carbocycles. The molecule has 0 bridgehead atoms. The first-order chi connectivity index (χ1) is 16.2. The van der Waals surface area contributed by atoms with Crippen LogP contribution in [0, 0.1) is 5.82 Å². The fourth-order valence-electron chi connectivity index (χ4n) is 4.38. The zero-order chi connectivity index (χ0) is 22.6. The Kier molecular flexibility index (Phi) is 6.13. The molecule has 4 aromatic rings. The first-order valence-corrected chi connectivity index (χ1v) is 11.2. The number of hydrogen-bond donors (Lipinski definition) is 1. The highest BCUT2D eigenvalue weighted by atomic mass is 19.1. The second kappa shape index (κ2) is 9.50. The standard InChI is InChI=1S/C26H25FN4O2/c27-22-8-6-18(7-9-22)16-29-26(32)24-15-23(30-33-24)19-10-13-31(14-11-19)17-21-4-1-3-20-5-2-12-28-25(20)21/h1-9,12,15,19H,10-11,13-14,16-17H2,(H,29,32). The monoisotopic (exact) mass is 444 g/mol. The van der Waals surface area contributed by atoms with E-state index >= 15 is 0 Å². The van der Waals surface area contributed by atoms with E-state index in [0.717, 1.165) is 54.6 Å². The van der Waals surface area contributed by atoms with E-state index in [4.69, 9.17) is 4.52 Å². The highest BCUT2D eigenvalue weighted by Crippen LogP contribution is 2.29. The number of nitrogens with zero attached hydrogens (tertiary/aromatic N) is 3. The topological polar surface area (TPSA) is 71.3 Å². The number of benzene rings is 2. The Morgan fingerprint density at radius 2 is 1.88 bits per heavy atom. The molecule has 0 radical (unpaired) electrons. The first-order valence-electron chi connectivity index (χ1n) is 11.2. The van der Waals surface area contributed by atoms with Gasteiger partial charge in [-0.1, -0.05) is 41.6 Å². The maximum Gasteiger partial charge on any atom is 0.290 e. The van der Waals surface area contributed by atoms with E-state index in [-0.39, 0.29) is 23.4 Å². The molecular weight excluding hydrogens is 419 g/mol. The molecule has 0 aliphatic carbocycles. The minimum Gasteiger partial charge on any atom is -0.351 e. The van der Waals surface area contributed by atoms with Crippen LogP contribution in [0.25, 0.3) is 10.9 Å². The van der Waals surface area contributed by atoms with Crippen molar-refractivity contribution in [1.29, 1.82) is 0 Å². The molecule has 6 nitrogen and oxygen atoms in total. The Labute approximate surface area is 191 Å². The lowest BCUT2D eigenvalue weighted by Crippen LogP contribution is -2.32. The average molecular weight is 445 g/mol. The van der Waals surface area contributed by atoms with Crippen LogP contribution in [0.2, 0.25) is 0 Å². The molecule has 1 N–H and O–H groups in total. The van der Waals surface area contributed by atoms with Crippen molar-refractivity contribution in [1.82, 2.24) is 20.4 Å². The van der Waals surface area contributed by atoms with Crippen molar-refractivity contribution >= 4 is 16.8 Å². The van der Waals surface area contributed by atoms with Crippen LogP contribution in [0.4, 0.5) is 4.39 Å². The van der Waals surface area contributed by atoms with Gasteiger partial charge >= 0.3 is 0 Å². The van der Waals surface area contributed by atoms with E-state index < -0.39 is 0 Å². The molecular formula is C26H25FN4O2. The molecule has 0 atom stereocenters. The molecule has 2 aromatic heterocycles. The van der Waals surface area contributed by atoms with Crippen molar-refractivity contribution < 1.29 is 13.7 Å². The van der Waals surface area contributed by atoms with Gasteiger partial charge in [0.25, 0.3) is 5.91 Å². The van der Waals surface area contributed by atoms with Crippen LogP contribution < -0.4 is 5.32 Å². The second-order valence-corrected chi connectivity index (χ2v) is 8.47. The van der Waals surface area contributed by atoms with E-state index in [1.807, 2.05) is 12.3 Å². The third-order valence-electron chi connectivity index (χ3n) is 6.23. The number of rotatable bonds is 6. The van der Waals surface area contributed by atoms with Gasteiger partial charge < -0.3 is 9.84 Å². The van der Waals surface area contributed by atoms with E-state index in [9.17, 15) is 9.18 Å². The Balaban J connectivity index is 1.15. The fourth-order valence-corrected chi connectivity index (χ4v) is 4.38. The van der Waals surface area contributed by atoms with Gasteiger partial charge in [-0.25, -0.2) is 4.39 Å². The van der Waals surface area contributed by atoms with Crippen LogP contribution in [0.15, 0.2) is 71.4 Å². The average Bonchev–Trinajstić information content (AvgIpc) is 3.35. The normalized spacial score (nSPS) is 15.1. The number of aromatic nitrogens is 2. The maximum absolute atomic E-state index is 13.0. The summed E-state index contributed by atoms with van der Waals surface area (Å²) in [6, 6.07) is 18.2. The molecule has 3 heterocycles. The van der Waals surface area contributed by atoms with Crippen molar-refractivity contribution in [2.45, 2.75) is 31.8 Å². The molecule has 1 fully saturated rings. The molecule has 1 aliphatic heterocycles. The molecule has 0 spiro atoms. The van der Waals surface area contributed by atoms with Gasteiger partial charge in [-0.15, -0.1) is 0 Å². The van der Waals surface area contributed by atoms with Gasteiger partial charge in [0.1, 0.15) is 5.82 Å². The van der Waals surface area contributed by atoms with Crippen molar-refractivity contribution in [2.75, 3.05) is 13.1 Å². The molecule has 1 saturated heterocycles. The van der Waals surface area contributed by atoms with Gasteiger partial charge in [0, 0.05) is 36.7 Å². The van der Waals surface area contributed by atoms with Crippen molar-refractivity contribution in [3.05, 3.63) is 95.3 Å². The number of likely N-dealkylation sites (tertiary alicyclic amines) is 1. The van der Waals surface area contributed by atoms with Gasteiger partial charge in [-0.05, 0) is 55.3 Å². The summed E-state index contributed by atoms with van der Waals surface area (Å²) in [5.41, 5.74) is 3.95. The number of carbonyl (C=O) groups is 1. The minimum absolute atomic E-state index is 0.205. The number of carbonyl (C=O) groups excluding carboxylic acids is 1. The summed E-state index contributed by atoms with van der Waals surface area (Å²) in [6.07, 6.45) is 3.76. The Hall–Kier alpha value is -3.58. The highest BCUT2D eigenvalue weighted by Gasteiger charge is 2.25. The number of pyridine rings is 1. The SMILES string of the molecule is O=C(NCc1ccc(F)cc1)c1cc(C2CCN(Cc3cccc4cccnc34)CC2)no1. The summed E-state index contributed by atoms with van der Waals surface area (Å²) >= 11 is 0. The zero-order valence-electron chi connectivity index (χ0n) is 18.2. The predicted molar refractivity (Wildman–Crippen MR) is 123 cm³/mol. The molecule has 0 saturated carbocycles. The smallest absolute Gasteiger partial charge is 0.290 e. The highest BCUT2D eigenvalue weighted by molar-refractivity contribution is 5.91. The molecule has 7 heteroatoms. The van der Waals surface area contributed by atoms with Crippen LogP contribution >= 0.6 is 0 Å². The van der Waals surface area contributed by atoms with Crippen LogP contribution in [-0.4, -0.2) is 34.0 Å². The molecule has 168 valence electrons. The summed E-state index contributed by atoms with van der Waals surface area (Å²) < 4.78 is 18.3. The first kappa shape index (κ1) is 21.3. The third-order valence-corrected chi connectivity index (χ3v) is 6.23. The van der Waals surface area contributed by atoms with Crippen molar-refractivity contribution in [2.24, 2.45) is 0 Å². The van der Waals surface area contributed by atoms with E-state index in [2.05, 4.69) is 44.6 Å². The van der Waals surface area contributed by atoms with Gasteiger partial charge in [0.2, 0.25) is 5.76 Å².